The smallest absolute Gasteiger partial charge is 0.148 e. The molecule has 4 nitrogen and oxygen atoms in total. The van der Waals surface area contributed by atoms with E-state index in [-0.39, 0.29) is 0 Å². The Morgan fingerprint density at radius 1 is 1.29 bits per heavy atom. The molecule has 1 aromatic rings. The molecule has 0 saturated carbocycles. The van der Waals surface area contributed by atoms with Crippen LogP contribution in [-0.4, -0.2) is 47.1 Å². The average Bonchev–Trinajstić information content (AvgIpc) is 2.29. The zero-order chi connectivity index (χ0) is 12.6. The fraction of sp³-hybridized carbons (Fsp3) is 0.636. The molecule has 0 spiro atoms. The summed E-state index contributed by atoms with van der Waals surface area (Å²) in [5.41, 5.74) is 0. The normalized spacial score (nSPS) is 26.3. The van der Waals surface area contributed by atoms with Gasteiger partial charge in [0.15, 0.2) is 0 Å². The molecule has 94 valence electrons. The van der Waals surface area contributed by atoms with E-state index in [0.29, 0.717) is 17.2 Å². The van der Waals surface area contributed by atoms with E-state index in [0.717, 1.165) is 23.4 Å². The molecule has 0 bridgehead atoms. The highest BCUT2D eigenvalue weighted by Crippen LogP contribution is 2.30. The number of rotatable bonds is 1. The molecule has 1 saturated heterocycles. The Bertz CT molecular complexity index is 402. The minimum absolute atomic E-state index is 0.467. The van der Waals surface area contributed by atoms with Crippen molar-refractivity contribution in [3.63, 3.8) is 0 Å². The van der Waals surface area contributed by atoms with Crippen molar-refractivity contribution in [1.82, 2.24) is 14.9 Å². The molecule has 1 aliphatic rings. The molecule has 0 amide bonds. The van der Waals surface area contributed by atoms with Crippen LogP contribution >= 0.6 is 27.5 Å². The summed E-state index contributed by atoms with van der Waals surface area (Å²) in [4.78, 5) is 12.9. The van der Waals surface area contributed by atoms with Gasteiger partial charge in [0.05, 0.1) is 4.47 Å². The second-order valence-corrected chi connectivity index (χ2v) is 5.72. The van der Waals surface area contributed by atoms with Crippen LogP contribution in [0.25, 0.3) is 0 Å². The van der Waals surface area contributed by atoms with Crippen molar-refractivity contribution in [1.29, 1.82) is 0 Å². The lowest BCUT2D eigenvalue weighted by atomic mass is 10.1. The first-order chi connectivity index (χ1) is 8.00. The van der Waals surface area contributed by atoms with Gasteiger partial charge >= 0.3 is 0 Å². The minimum atomic E-state index is 0.467. The minimum Gasteiger partial charge on any atom is -0.352 e. The zero-order valence-corrected chi connectivity index (χ0v) is 12.5. The monoisotopic (exact) mass is 318 g/mol. The topological polar surface area (TPSA) is 32.3 Å². The van der Waals surface area contributed by atoms with Crippen molar-refractivity contribution in [2.45, 2.75) is 25.9 Å². The number of piperazine rings is 1. The van der Waals surface area contributed by atoms with E-state index in [1.54, 1.807) is 0 Å². The summed E-state index contributed by atoms with van der Waals surface area (Å²) in [7, 11) is 2.16. The number of aromatic nitrogens is 2. The Labute approximate surface area is 115 Å². The quantitative estimate of drug-likeness (QED) is 0.744. The largest absolute Gasteiger partial charge is 0.352 e. The molecule has 2 heterocycles. The van der Waals surface area contributed by atoms with Crippen LogP contribution in [0.4, 0.5) is 5.82 Å². The molecular weight excluding hydrogens is 304 g/mol. The van der Waals surface area contributed by atoms with Crippen LogP contribution in [0.15, 0.2) is 10.8 Å². The highest BCUT2D eigenvalue weighted by atomic mass is 79.9. The number of hydrogen-bond donors (Lipinski definition) is 0. The Morgan fingerprint density at radius 2 is 1.88 bits per heavy atom. The van der Waals surface area contributed by atoms with Gasteiger partial charge in [-0.3, -0.25) is 4.90 Å². The van der Waals surface area contributed by atoms with Gasteiger partial charge in [-0.25, -0.2) is 9.97 Å². The van der Waals surface area contributed by atoms with Crippen LogP contribution in [0.5, 0.6) is 0 Å². The molecule has 1 aliphatic heterocycles. The van der Waals surface area contributed by atoms with Gasteiger partial charge in [0, 0.05) is 25.2 Å². The fourth-order valence-electron chi connectivity index (χ4n) is 2.14. The number of nitrogens with zero attached hydrogens (tertiary/aromatic N) is 4. The van der Waals surface area contributed by atoms with Crippen LogP contribution in [0.1, 0.15) is 13.8 Å². The first-order valence-electron chi connectivity index (χ1n) is 5.63. The number of anilines is 1. The van der Waals surface area contributed by atoms with Crippen molar-refractivity contribution in [3.05, 3.63) is 16.0 Å². The average molecular weight is 320 g/mol. The maximum atomic E-state index is 6.00. The first kappa shape index (κ1) is 13.1. The van der Waals surface area contributed by atoms with Crippen molar-refractivity contribution < 1.29 is 0 Å². The predicted molar refractivity (Wildman–Crippen MR) is 73.6 cm³/mol. The van der Waals surface area contributed by atoms with E-state index in [1.807, 2.05) is 0 Å². The summed E-state index contributed by atoms with van der Waals surface area (Å²) in [6.45, 7) is 6.35. The van der Waals surface area contributed by atoms with E-state index in [9.17, 15) is 0 Å². The maximum absolute atomic E-state index is 6.00. The predicted octanol–water partition coefficient (Wildman–Crippen LogP) is 2.42. The highest BCUT2D eigenvalue weighted by Gasteiger charge is 2.28. The van der Waals surface area contributed by atoms with Crippen molar-refractivity contribution in [3.8, 4) is 0 Å². The second-order valence-electron chi connectivity index (χ2n) is 4.57. The van der Waals surface area contributed by atoms with Gasteiger partial charge < -0.3 is 4.90 Å². The zero-order valence-electron chi connectivity index (χ0n) is 10.2. The number of halogens is 2. The number of likely N-dealkylation sites (N-methyl/N-ethyl adjacent to an activating group) is 1. The van der Waals surface area contributed by atoms with Gasteiger partial charge in [-0.2, -0.15) is 0 Å². The third-order valence-electron chi connectivity index (χ3n) is 3.39. The second kappa shape index (κ2) is 5.08. The molecule has 0 radical (unpaired) electrons. The third-order valence-corrected chi connectivity index (χ3v) is 4.63. The molecule has 0 aromatic carbocycles. The van der Waals surface area contributed by atoms with Gasteiger partial charge in [0.2, 0.25) is 0 Å². The summed E-state index contributed by atoms with van der Waals surface area (Å²) in [5.74, 6) is 0.886. The highest BCUT2D eigenvalue weighted by molar-refractivity contribution is 9.10. The lowest BCUT2D eigenvalue weighted by Crippen LogP contribution is -2.55. The molecule has 2 atom stereocenters. The molecule has 2 rings (SSSR count). The van der Waals surface area contributed by atoms with Crippen LogP contribution in [0, 0.1) is 0 Å². The van der Waals surface area contributed by atoms with Crippen molar-refractivity contribution in [2.24, 2.45) is 0 Å². The van der Waals surface area contributed by atoms with E-state index >= 15 is 0 Å². The molecule has 6 heteroatoms. The van der Waals surface area contributed by atoms with E-state index in [1.165, 1.54) is 6.33 Å². The molecule has 1 fully saturated rings. The summed E-state index contributed by atoms with van der Waals surface area (Å²) < 4.78 is 0.783. The first-order valence-corrected chi connectivity index (χ1v) is 6.80. The van der Waals surface area contributed by atoms with E-state index in [4.69, 9.17) is 11.6 Å². The Kier molecular flexibility index (Phi) is 3.90. The van der Waals surface area contributed by atoms with Gasteiger partial charge in [-0.15, -0.1) is 0 Å². The lowest BCUT2D eigenvalue weighted by Gasteiger charge is -2.43. The van der Waals surface area contributed by atoms with Gasteiger partial charge in [0.1, 0.15) is 17.3 Å². The molecule has 1 aromatic heterocycles. The van der Waals surface area contributed by atoms with Crippen LogP contribution < -0.4 is 4.90 Å². The van der Waals surface area contributed by atoms with Gasteiger partial charge in [0.25, 0.3) is 0 Å². The molecular formula is C11H16BrClN4. The van der Waals surface area contributed by atoms with Crippen molar-refractivity contribution >= 4 is 33.3 Å². The summed E-state index contributed by atoms with van der Waals surface area (Å²) in [5, 5.41) is 0.467. The van der Waals surface area contributed by atoms with E-state index in [2.05, 4.69) is 56.6 Å². The summed E-state index contributed by atoms with van der Waals surface area (Å²) in [6, 6.07) is 0.999. The molecule has 0 aliphatic carbocycles. The SMILES string of the molecule is CC1CN(c2ncnc(Cl)c2Br)CC(C)N1C. The summed E-state index contributed by atoms with van der Waals surface area (Å²) in [6.07, 6.45) is 1.51. The summed E-state index contributed by atoms with van der Waals surface area (Å²) >= 11 is 9.46. The van der Waals surface area contributed by atoms with Crippen LogP contribution in [0.2, 0.25) is 5.15 Å². The van der Waals surface area contributed by atoms with Crippen molar-refractivity contribution in [2.75, 3.05) is 25.0 Å². The third kappa shape index (κ3) is 2.56. The standard InChI is InChI=1S/C11H16BrClN4/c1-7-4-17(5-8(2)16(7)3)11-9(12)10(13)14-6-15-11/h6-8H,4-5H2,1-3H3. The Morgan fingerprint density at radius 3 is 2.47 bits per heavy atom. The molecule has 2 unspecified atom stereocenters. The van der Waals surface area contributed by atoms with E-state index < -0.39 is 0 Å². The molecule has 17 heavy (non-hydrogen) atoms. The maximum Gasteiger partial charge on any atom is 0.148 e. The lowest BCUT2D eigenvalue weighted by molar-refractivity contribution is 0.169. The number of hydrogen-bond acceptors (Lipinski definition) is 4. The van der Waals surface area contributed by atoms with Gasteiger partial charge in [-0.1, -0.05) is 11.6 Å². The van der Waals surface area contributed by atoms with Crippen LogP contribution in [-0.2, 0) is 0 Å². The Hall–Kier alpha value is -0.390. The van der Waals surface area contributed by atoms with Crippen LogP contribution in [0.3, 0.4) is 0 Å². The van der Waals surface area contributed by atoms with Gasteiger partial charge in [-0.05, 0) is 36.8 Å². The fourth-order valence-corrected chi connectivity index (χ4v) is 2.72. The molecule has 0 N–H and O–H groups in total. The Balaban J connectivity index is 2.26.